The van der Waals surface area contributed by atoms with Crippen molar-refractivity contribution in [1.82, 2.24) is 0 Å². The number of hydrogen-bond acceptors (Lipinski definition) is 1. The van der Waals surface area contributed by atoms with Gasteiger partial charge in [0.2, 0.25) is 0 Å². The van der Waals surface area contributed by atoms with Gasteiger partial charge < -0.3 is 0 Å². The molecule has 11 heavy (non-hydrogen) atoms. The minimum Gasteiger partial charge on any atom is -0.244 e. The second-order valence-corrected chi connectivity index (χ2v) is 2.42. The van der Waals surface area contributed by atoms with Gasteiger partial charge in [-0.25, -0.2) is 8.96 Å². The van der Waals surface area contributed by atoms with Crippen LogP contribution >= 0.6 is 12.2 Å². The third kappa shape index (κ3) is 2.35. The largest absolute Gasteiger partial charge is 0.244 e. The van der Waals surface area contributed by atoms with Crippen LogP contribution in [0.3, 0.4) is 0 Å². The average Bonchev–Trinajstić information content (AvgIpc) is 2.06. The Morgan fingerprint density at radius 3 is 3.09 bits per heavy atom. The molecule has 0 saturated heterocycles. The lowest BCUT2D eigenvalue weighted by Gasteiger charge is -1.92. The molecule has 0 aliphatic carbocycles. The number of pyridine rings is 1. The monoisotopic (exact) mass is 170 g/mol. The Bertz CT molecular complexity index is 250. The van der Waals surface area contributed by atoms with Crippen LogP contribution in [0.2, 0.25) is 0 Å². The van der Waals surface area contributed by atoms with Crippen LogP contribution in [0.1, 0.15) is 5.56 Å². The molecule has 0 bridgehead atoms. The summed E-state index contributed by atoms with van der Waals surface area (Å²) in [6.45, 7) is 0.0581. The van der Waals surface area contributed by atoms with Gasteiger partial charge in [-0.1, -0.05) is 12.2 Å². The summed E-state index contributed by atoms with van der Waals surface area (Å²) in [5.41, 5.74) is 0.941. The number of nitrogens with zero attached hydrogens (tertiary/aromatic N) is 1. The molecule has 0 aliphatic rings. The Kier molecular flexibility index (Phi) is 3.11. The molecule has 0 aromatic carbocycles. The molecule has 0 spiro atoms. The zero-order valence-electron chi connectivity index (χ0n) is 6.03. The van der Waals surface area contributed by atoms with Gasteiger partial charge in [-0.2, -0.15) is 0 Å². The molecule has 0 fully saturated rings. The smallest absolute Gasteiger partial charge is 0.176 e. The maximum absolute atomic E-state index is 11.9. The van der Waals surface area contributed by atoms with E-state index in [9.17, 15) is 4.39 Å². The van der Waals surface area contributed by atoms with Gasteiger partial charge in [0.15, 0.2) is 18.9 Å². The van der Waals surface area contributed by atoms with E-state index in [-0.39, 0.29) is 6.67 Å². The topological polar surface area (TPSA) is 3.88 Å². The number of alkyl halides is 1. The molecule has 1 rings (SSSR count). The van der Waals surface area contributed by atoms with Crippen LogP contribution < -0.4 is 4.57 Å². The Balaban J connectivity index is 2.82. The van der Waals surface area contributed by atoms with Crippen molar-refractivity contribution in [3.05, 3.63) is 30.1 Å². The highest BCUT2D eigenvalue weighted by Gasteiger charge is 1.98. The van der Waals surface area contributed by atoms with Crippen LogP contribution in [0.15, 0.2) is 24.5 Å². The van der Waals surface area contributed by atoms with Gasteiger partial charge in [0.1, 0.15) is 6.67 Å². The van der Waals surface area contributed by atoms with Gasteiger partial charge in [-0.15, -0.1) is 0 Å². The van der Waals surface area contributed by atoms with E-state index in [0.29, 0.717) is 6.54 Å². The van der Waals surface area contributed by atoms with Gasteiger partial charge in [0, 0.05) is 17.0 Å². The molecule has 1 heterocycles. The van der Waals surface area contributed by atoms with Gasteiger partial charge in [0.25, 0.3) is 0 Å². The summed E-state index contributed by atoms with van der Waals surface area (Å²) in [5, 5.41) is 1.58. The molecule has 0 saturated carbocycles. The molecular weight excluding hydrogens is 161 g/mol. The molecule has 3 heteroatoms. The van der Waals surface area contributed by atoms with Crippen molar-refractivity contribution in [1.29, 1.82) is 0 Å². The summed E-state index contributed by atoms with van der Waals surface area (Å²) in [4.78, 5) is 0. The Hall–Kier alpha value is -0.830. The Morgan fingerprint density at radius 2 is 2.45 bits per heavy atom. The molecule has 1 nitrogen and oxygen atoms in total. The molecule has 0 N–H and O–H groups in total. The fourth-order valence-corrected chi connectivity index (χ4v) is 0.988. The number of aromatic nitrogens is 1. The molecule has 0 unspecified atom stereocenters. The first-order valence-electron chi connectivity index (χ1n) is 3.37. The lowest BCUT2D eigenvalue weighted by atomic mass is 10.3. The second kappa shape index (κ2) is 4.13. The molecular formula is C8H9FNS+. The average molecular weight is 170 g/mol. The van der Waals surface area contributed by atoms with E-state index in [2.05, 4.69) is 0 Å². The van der Waals surface area contributed by atoms with Crippen LogP contribution in [0.4, 0.5) is 4.39 Å². The predicted octanol–water partition coefficient (Wildman–Crippen LogP) is 1.29. The van der Waals surface area contributed by atoms with E-state index in [1.165, 1.54) is 0 Å². The Labute approximate surface area is 70.5 Å². The third-order valence-corrected chi connectivity index (χ3v) is 1.63. The zero-order chi connectivity index (χ0) is 8.10. The minimum absolute atomic E-state index is 0.342. The maximum Gasteiger partial charge on any atom is 0.176 e. The van der Waals surface area contributed by atoms with Crippen LogP contribution in [-0.4, -0.2) is 12.0 Å². The summed E-state index contributed by atoms with van der Waals surface area (Å²) in [6, 6.07) is 3.75. The van der Waals surface area contributed by atoms with Crippen molar-refractivity contribution in [2.75, 3.05) is 6.67 Å². The predicted molar refractivity (Wildman–Crippen MR) is 45.4 cm³/mol. The highest BCUT2D eigenvalue weighted by atomic mass is 32.1. The van der Waals surface area contributed by atoms with Crippen LogP contribution in [0.25, 0.3) is 0 Å². The molecule has 0 atom stereocenters. The highest BCUT2D eigenvalue weighted by molar-refractivity contribution is 7.79. The second-order valence-electron chi connectivity index (χ2n) is 2.18. The van der Waals surface area contributed by atoms with Gasteiger partial charge in [-0.05, 0) is 6.07 Å². The van der Waals surface area contributed by atoms with E-state index < -0.39 is 0 Å². The van der Waals surface area contributed by atoms with E-state index >= 15 is 0 Å². The van der Waals surface area contributed by atoms with Gasteiger partial charge >= 0.3 is 0 Å². The minimum atomic E-state index is -0.342. The normalized spacial score (nSPS) is 9.55. The molecule has 0 radical (unpaired) electrons. The quantitative estimate of drug-likeness (QED) is 0.488. The number of thiocarbonyl (C=S) groups is 1. The summed E-state index contributed by atoms with van der Waals surface area (Å²) < 4.78 is 13.6. The Morgan fingerprint density at radius 1 is 1.64 bits per heavy atom. The van der Waals surface area contributed by atoms with Gasteiger partial charge in [-0.3, -0.25) is 0 Å². The zero-order valence-corrected chi connectivity index (χ0v) is 6.85. The summed E-state index contributed by atoms with van der Waals surface area (Å²) >= 11 is 4.73. The standard InChI is InChI=1S/C8H9FNS/c9-3-5-10-4-1-2-8(6-10)7-11/h1-2,4,6-7H,3,5H2/q+1. The fourth-order valence-electron chi connectivity index (χ4n) is 0.849. The first-order chi connectivity index (χ1) is 5.36. The first kappa shape index (κ1) is 8.27. The third-order valence-electron chi connectivity index (χ3n) is 1.36. The van der Waals surface area contributed by atoms with Crippen molar-refractivity contribution in [2.45, 2.75) is 6.54 Å². The van der Waals surface area contributed by atoms with Gasteiger partial charge in [0.05, 0.1) is 0 Å². The lowest BCUT2D eigenvalue weighted by Crippen LogP contribution is -2.34. The first-order valence-corrected chi connectivity index (χ1v) is 3.84. The SMILES string of the molecule is FCC[n+]1cccc(C=S)c1. The summed E-state index contributed by atoms with van der Waals surface area (Å²) in [5.74, 6) is 0. The van der Waals surface area contributed by atoms with Crippen molar-refractivity contribution in [3.63, 3.8) is 0 Å². The van der Waals surface area contributed by atoms with Crippen molar-refractivity contribution >= 4 is 17.6 Å². The lowest BCUT2D eigenvalue weighted by molar-refractivity contribution is -0.696. The van der Waals surface area contributed by atoms with Crippen molar-refractivity contribution < 1.29 is 8.96 Å². The maximum atomic E-state index is 11.9. The van der Waals surface area contributed by atoms with E-state index in [1.54, 1.807) is 9.93 Å². The summed E-state index contributed by atoms with van der Waals surface area (Å²) in [6.07, 6.45) is 3.65. The number of rotatable bonds is 3. The number of halogens is 1. The molecule has 0 amide bonds. The van der Waals surface area contributed by atoms with E-state index in [4.69, 9.17) is 12.2 Å². The molecule has 58 valence electrons. The highest BCUT2D eigenvalue weighted by Crippen LogP contribution is 1.89. The molecule has 0 aliphatic heterocycles. The number of aryl methyl sites for hydroxylation is 1. The van der Waals surface area contributed by atoms with Crippen LogP contribution in [0, 0.1) is 0 Å². The van der Waals surface area contributed by atoms with Crippen LogP contribution in [0.5, 0.6) is 0 Å². The fraction of sp³-hybridized carbons (Fsp3) is 0.250. The number of hydrogen-bond donors (Lipinski definition) is 0. The molecule has 1 aromatic heterocycles. The van der Waals surface area contributed by atoms with Crippen molar-refractivity contribution in [3.8, 4) is 0 Å². The van der Waals surface area contributed by atoms with Crippen LogP contribution in [-0.2, 0) is 6.54 Å². The summed E-state index contributed by atoms with van der Waals surface area (Å²) in [7, 11) is 0. The van der Waals surface area contributed by atoms with Crippen molar-refractivity contribution in [2.24, 2.45) is 0 Å². The van der Waals surface area contributed by atoms with E-state index in [1.807, 2.05) is 24.5 Å². The van der Waals surface area contributed by atoms with E-state index in [0.717, 1.165) is 5.56 Å². The molecule has 1 aromatic rings.